The van der Waals surface area contributed by atoms with Gasteiger partial charge in [-0.05, 0) is 23.8 Å². The number of ether oxygens (including phenoxy) is 1. The molecule has 2 N–H and O–H groups in total. The van der Waals surface area contributed by atoms with Crippen LogP contribution in [0.1, 0.15) is 11.3 Å². The predicted molar refractivity (Wildman–Crippen MR) is 66.7 cm³/mol. The molecule has 0 amide bonds. The van der Waals surface area contributed by atoms with Crippen LogP contribution in [0.3, 0.4) is 0 Å². The summed E-state index contributed by atoms with van der Waals surface area (Å²) in [7, 11) is 1.88. The normalized spacial score (nSPS) is 10.6. The lowest BCUT2D eigenvalue weighted by Gasteiger charge is -2.08. The largest absolute Gasteiger partial charge is 0.493 e. The van der Waals surface area contributed by atoms with E-state index in [0.29, 0.717) is 18.9 Å². The molecular weight excluding hydrogens is 233 g/mol. The first-order chi connectivity index (χ1) is 8.69. The van der Waals surface area contributed by atoms with Crippen molar-refractivity contribution in [3.8, 4) is 5.75 Å². The summed E-state index contributed by atoms with van der Waals surface area (Å²) in [5, 5.41) is 4.07. The number of hydrogen-bond acceptors (Lipinski definition) is 3. The average Bonchev–Trinajstić information content (AvgIpc) is 2.74. The quantitative estimate of drug-likeness (QED) is 0.876. The average molecular weight is 249 g/mol. The Balaban J connectivity index is 1.94. The zero-order valence-corrected chi connectivity index (χ0v) is 10.3. The fourth-order valence-electron chi connectivity index (χ4n) is 1.74. The van der Waals surface area contributed by atoms with Crippen LogP contribution in [-0.4, -0.2) is 16.4 Å². The molecule has 0 aliphatic rings. The molecule has 0 bridgehead atoms. The fourth-order valence-corrected chi connectivity index (χ4v) is 1.74. The van der Waals surface area contributed by atoms with Crippen molar-refractivity contribution < 1.29 is 9.13 Å². The van der Waals surface area contributed by atoms with Gasteiger partial charge in [0, 0.05) is 38.0 Å². The van der Waals surface area contributed by atoms with Gasteiger partial charge in [0.2, 0.25) is 0 Å². The fraction of sp³-hybridized carbons (Fsp3) is 0.308. The Morgan fingerprint density at radius 1 is 1.39 bits per heavy atom. The van der Waals surface area contributed by atoms with E-state index in [4.69, 9.17) is 10.5 Å². The van der Waals surface area contributed by atoms with Crippen molar-refractivity contribution in [3.05, 3.63) is 47.5 Å². The maximum absolute atomic E-state index is 13.2. The Labute approximate surface area is 105 Å². The summed E-state index contributed by atoms with van der Waals surface area (Å²) in [5.41, 5.74) is 7.28. The molecule has 0 saturated carbocycles. The highest BCUT2D eigenvalue weighted by atomic mass is 19.1. The Morgan fingerprint density at radius 2 is 2.22 bits per heavy atom. The van der Waals surface area contributed by atoms with Crippen molar-refractivity contribution in [2.45, 2.75) is 13.0 Å². The van der Waals surface area contributed by atoms with Gasteiger partial charge < -0.3 is 10.5 Å². The van der Waals surface area contributed by atoms with E-state index in [0.717, 1.165) is 17.7 Å². The minimum absolute atomic E-state index is 0.301. The van der Waals surface area contributed by atoms with Crippen LogP contribution in [0.4, 0.5) is 4.39 Å². The summed E-state index contributed by atoms with van der Waals surface area (Å²) in [4.78, 5) is 0. The van der Waals surface area contributed by atoms with Crippen LogP contribution >= 0.6 is 0 Å². The van der Waals surface area contributed by atoms with Gasteiger partial charge in [-0.3, -0.25) is 4.68 Å². The van der Waals surface area contributed by atoms with Gasteiger partial charge in [0.05, 0.1) is 6.61 Å². The molecule has 0 radical (unpaired) electrons. The van der Waals surface area contributed by atoms with Crippen LogP contribution in [-0.2, 0) is 20.0 Å². The topological polar surface area (TPSA) is 53.1 Å². The molecule has 0 unspecified atom stereocenters. The molecule has 2 rings (SSSR count). The lowest BCUT2D eigenvalue weighted by atomic mass is 10.2. The number of nitrogens with zero attached hydrogens (tertiary/aromatic N) is 2. The van der Waals surface area contributed by atoms with E-state index in [1.807, 2.05) is 13.1 Å². The smallest absolute Gasteiger partial charge is 0.127 e. The Morgan fingerprint density at radius 3 is 2.89 bits per heavy atom. The molecule has 0 atom stereocenters. The highest BCUT2D eigenvalue weighted by Crippen LogP contribution is 2.16. The van der Waals surface area contributed by atoms with E-state index in [-0.39, 0.29) is 5.82 Å². The summed E-state index contributed by atoms with van der Waals surface area (Å²) < 4.78 is 20.5. The van der Waals surface area contributed by atoms with Crippen LogP contribution in [0.2, 0.25) is 0 Å². The summed E-state index contributed by atoms with van der Waals surface area (Å²) in [6.45, 7) is 0.781. The van der Waals surface area contributed by atoms with Crippen molar-refractivity contribution in [1.29, 1.82) is 0 Å². The standard InChI is InChI=1S/C13H16FN3O/c1-17-12(2-4-16-17)3-5-18-13-7-10(9-15)6-11(14)8-13/h2,4,6-8H,3,5,9,15H2,1H3. The number of halogens is 1. The third-order valence-corrected chi connectivity index (χ3v) is 2.72. The third-order valence-electron chi connectivity index (χ3n) is 2.72. The van der Waals surface area contributed by atoms with Crippen LogP contribution in [0.15, 0.2) is 30.5 Å². The molecule has 2 aromatic rings. The number of hydrogen-bond donors (Lipinski definition) is 1. The molecule has 1 heterocycles. The summed E-state index contributed by atoms with van der Waals surface area (Å²) in [6.07, 6.45) is 2.47. The monoisotopic (exact) mass is 249 g/mol. The molecule has 0 aliphatic heterocycles. The summed E-state index contributed by atoms with van der Waals surface area (Å²) in [5.74, 6) is 0.186. The number of rotatable bonds is 5. The van der Waals surface area contributed by atoms with Gasteiger partial charge in [-0.2, -0.15) is 5.10 Å². The Kier molecular flexibility index (Phi) is 3.94. The van der Waals surface area contributed by atoms with Crippen molar-refractivity contribution in [2.24, 2.45) is 12.8 Å². The molecule has 0 spiro atoms. The van der Waals surface area contributed by atoms with E-state index < -0.39 is 0 Å². The van der Waals surface area contributed by atoms with Gasteiger partial charge in [0.25, 0.3) is 0 Å². The molecule has 5 heteroatoms. The minimum atomic E-state index is -0.325. The maximum atomic E-state index is 13.2. The SMILES string of the molecule is Cn1nccc1CCOc1cc(F)cc(CN)c1. The molecule has 96 valence electrons. The summed E-state index contributed by atoms with van der Waals surface area (Å²) >= 11 is 0. The number of aromatic nitrogens is 2. The second-order valence-corrected chi connectivity index (χ2v) is 4.04. The van der Waals surface area contributed by atoms with Gasteiger partial charge in [-0.25, -0.2) is 4.39 Å². The highest BCUT2D eigenvalue weighted by Gasteiger charge is 2.02. The van der Waals surface area contributed by atoms with E-state index in [1.54, 1.807) is 16.9 Å². The van der Waals surface area contributed by atoms with E-state index >= 15 is 0 Å². The molecule has 1 aromatic heterocycles. The predicted octanol–water partition coefficient (Wildman–Crippen LogP) is 1.64. The second kappa shape index (κ2) is 5.64. The van der Waals surface area contributed by atoms with Crippen LogP contribution < -0.4 is 10.5 Å². The molecular formula is C13H16FN3O. The van der Waals surface area contributed by atoms with Crippen LogP contribution in [0.25, 0.3) is 0 Å². The Hall–Kier alpha value is -1.88. The third kappa shape index (κ3) is 3.07. The van der Waals surface area contributed by atoms with E-state index in [1.165, 1.54) is 12.1 Å². The summed E-state index contributed by atoms with van der Waals surface area (Å²) in [6, 6.07) is 6.46. The van der Waals surface area contributed by atoms with Gasteiger partial charge in [0.15, 0.2) is 0 Å². The molecule has 4 nitrogen and oxygen atoms in total. The Bertz CT molecular complexity index is 525. The van der Waals surface area contributed by atoms with Crippen molar-refractivity contribution in [2.75, 3.05) is 6.61 Å². The van der Waals surface area contributed by atoms with Crippen LogP contribution in [0, 0.1) is 5.82 Å². The number of aryl methyl sites for hydroxylation is 1. The van der Waals surface area contributed by atoms with Gasteiger partial charge in [-0.1, -0.05) is 0 Å². The van der Waals surface area contributed by atoms with E-state index in [2.05, 4.69) is 5.10 Å². The molecule has 0 fully saturated rings. The van der Waals surface area contributed by atoms with Crippen molar-refractivity contribution in [3.63, 3.8) is 0 Å². The molecule has 0 aliphatic carbocycles. The lowest BCUT2D eigenvalue weighted by Crippen LogP contribution is -2.06. The number of benzene rings is 1. The van der Waals surface area contributed by atoms with Crippen molar-refractivity contribution in [1.82, 2.24) is 9.78 Å². The first kappa shape index (κ1) is 12.6. The lowest BCUT2D eigenvalue weighted by molar-refractivity contribution is 0.316. The first-order valence-corrected chi connectivity index (χ1v) is 5.78. The van der Waals surface area contributed by atoms with Crippen LogP contribution in [0.5, 0.6) is 5.75 Å². The van der Waals surface area contributed by atoms with Gasteiger partial charge >= 0.3 is 0 Å². The van der Waals surface area contributed by atoms with E-state index in [9.17, 15) is 4.39 Å². The first-order valence-electron chi connectivity index (χ1n) is 5.78. The maximum Gasteiger partial charge on any atom is 0.127 e. The molecule has 1 aromatic carbocycles. The zero-order valence-electron chi connectivity index (χ0n) is 10.3. The van der Waals surface area contributed by atoms with Gasteiger partial charge in [0.1, 0.15) is 11.6 Å². The minimum Gasteiger partial charge on any atom is -0.493 e. The highest BCUT2D eigenvalue weighted by molar-refractivity contribution is 5.29. The number of nitrogens with two attached hydrogens (primary N) is 1. The van der Waals surface area contributed by atoms with Gasteiger partial charge in [-0.15, -0.1) is 0 Å². The zero-order chi connectivity index (χ0) is 13.0. The van der Waals surface area contributed by atoms with Crippen molar-refractivity contribution >= 4 is 0 Å². The molecule has 0 saturated heterocycles. The second-order valence-electron chi connectivity index (χ2n) is 4.04. The molecule has 18 heavy (non-hydrogen) atoms.